The molecule has 0 fully saturated rings. The Morgan fingerprint density at radius 1 is 1.40 bits per heavy atom. The van der Waals surface area contributed by atoms with Crippen LogP contribution in [-0.4, -0.2) is 28.4 Å². The van der Waals surface area contributed by atoms with Crippen LogP contribution >= 0.6 is 11.3 Å². The van der Waals surface area contributed by atoms with Crippen LogP contribution in [0.25, 0.3) is 6.08 Å². The summed E-state index contributed by atoms with van der Waals surface area (Å²) in [5, 5.41) is 13.7. The van der Waals surface area contributed by atoms with Crippen molar-refractivity contribution in [3.63, 3.8) is 0 Å². The van der Waals surface area contributed by atoms with Gasteiger partial charge in [0.1, 0.15) is 4.88 Å². The van der Waals surface area contributed by atoms with Crippen LogP contribution in [0.1, 0.15) is 27.9 Å². The molecule has 25 heavy (non-hydrogen) atoms. The number of para-hydroxylation sites is 1. The van der Waals surface area contributed by atoms with Crippen LogP contribution in [0.5, 0.6) is 0 Å². The largest absolute Gasteiger partial charge is 0.462 e. The van der Waals surface area contributed by atoms with Crippen LogP contribution in [0.2, 0.25) is 0 Å². The minimum Gasteiger partial charge on any atom is -0.462 e. The highest BCUT2D eigenvalue weighted by molar-refractivity contribution is 7.17. The predicted octanol–water partition coefficient (Wildman–Crippen LogP) is 3.19. The number of hydrogen-bond acceptors (Lipinski definition) is 7. The lowest BCUT2D eigenvalue weighted by atomic mass is 10.1. The van der Waals surface area contributed by atoms with Crippen molar-refractivity contribution in [2.75, 3.05) is 11.9 Å². The van der Waals surface area contributed by atoms with Crippen molar-refractivity contribution in [2.45, 2.75) is 13.8 Å². The summed E-state index contributed by atoms with van der Waals surface area (Å²) in [6, 6.07) is 6.08. The van der Waals surface area contributed by atoms with Crippen molar-refractivity contribution < 1.29 is 19.2 Å². The number of benzene rings is 1. The fraction of sp³-hybridized carbons (Fsp3) is 0.188. The highest BCUT2D eigenvalue weighted by Crippen LogP contribution is 2.24. The van der Waals surface area contributed by atoms with Crippen molar-refractivity contribution in [1.82, 2.24) is 4.98 Å². The molecule has 0 aliphatic heterocycles. The zero-order valence-corrected chi connectivity index (χ0v) is 14.3. The van der Waals surface area contributed by atoms with E-state index >= 15 is 0 Å². The Kier molecular flexibility index (Phi) is 5.96. The van der Waals surface area contributed by atoms with Crippen LogP contribution in [0.15, 0.2) is 30.3 Å². The number of nitrogens with zero attached hydrogens (tertiary/aromatic N) is 2. The molecule has 8 nitrogen and oxygen atoms in total. The number of carbonyl (C=O) groups is 2. The second-order valence-electron chi connectivity index (χ2n) is 4.79. The number of thiazole rings is 1. The van der Waals surface area contributed by atoms with E-state index in [9.17, 15) is 19.7 Å². The van der Waals surface area contributed by atoms with E-state index in [1.54, 1.807) is 26.0 Å². The van der Waals surface area contributed by atoms with Gasteiger partial charge in [-0.3, -0.25) is 20.2 Å². The first-order valence-electron chi connectivity index (χ1n) is 7.29. The fourth-order valence-electron chi connectivity index (χ4n) is 1.94. The van der Waals surface area contributed by atoms with Crippen LogP contribution < -0.4 is 5.32 Å². The van der Waals surface area contributed by atoms with Crippen molar-refractivity contribution in [1.29, 1.82) is 0 Å². The topological polar surface area (TPSA) is 111 Å². The van der Waals surface area contributed by atoms with Gasteiger partial charge in [-0.05, 0) is 26.0 Å². The Morgan fingerprint density at radius 2 is 2.12 bits per heavy atom. The molecule has 2 aromatic rings. The minimum absolute atomic E-state index is 0.0961. The number of esters is 1. The molecule has 0 saturated carbocycles. The SMILES string of the molecule is CCOC(=O)c1sc(NC(=O)/C=C/c2ccccc2[N+](=O)[O-])nc1C. The van der Waals surface area contributed by atoms with Gasteiger partial charge in [0.05, 0.1) is 22.8 Å². The predicted molar refractivity (Wildman–Crippen MR) is 93.6 cm³/mol. The maximum atomic E-state index is 12.0. The fourth-order valence-corrected chi connectivity index (χ4v) is 2.81. The molecule has 130 valence electrons. The molecule has 2 rings (SSSR count). The molecule has 0 aliphatic rings. The maximum absolute atomic E-state index is 12.0. The molecule has 1 heterocycles. The summed E-state index contributed by atoms with van der Waals surface area (Å²) in [6.45, 7) is 3.59. The van der Waals surface area contributed by atoms with Gasteiger partial charge in [0.15, 0.2) is 5.13 Å². The number of carbonyl (C=O) groups excluding carboxylic acids is 2. The van der Waals surface area contributed by atoms with Crippen LogP contribution in [0.3, 0.4) is 0 Å². The molecule has 0 bridgehead atoms. The summed E-state index contributed by atoms with van der Waals surface area (Å²) >= 11 is 1.01. The second kappa shape index (κ2) is 8.15. The van der Waals surface area contributed by atoms with Crippen LogP contribution in [0.4, 0.5) is 10.8 Å². The molecule has 0 spiro atoms. The van der Waals surface area contributed by atoms with Gasteiger partial charge in [-0.25, -0.2) is 9.78 Å². The summed E-state index contributed by atoms with van der Waals surface area (Å²) in [6.07, 6.45) is 2.52. The molecule has 1 aromatic carbocycles. The van der Waals surface area contributed by atoms with Gasteiger partial charge < -0.3 is 4.74 Å². The summed E-state index contributed by atoms with van der Waals surface area (Å²) in [5.41, 5.74) is 0.674. The normalized spacial score (nSPS) is 10.6. The van der Waals surface area contributed by atoms with Gasteiger partial charge in [-0.2, -0.15) is 0 Å². The molecule has 0 saturated heterocycles. The van der Waals surface area contributed by atoms with Crippen molar-refractivity contribution in [2.24, 2.45) is 0 Å². The molecule has 1 aromatic heterocycles. The summed E-state index contributed by atoms with van der Waals surface area (Å²) in [5.74, 6) is -1.00. The molecular weight excluding hydrogens is 346 g/mol. The number of rotatable bonds is 6. The van der Waals surface area contributed by atoms with Crippen LogP contribution in [-0.2, 0) is 9.53 Å². The van der Waals surface area contributed by atoms with Crippen molar-refractivity contribution in [3.05, 3.63) is 56.6 Å². The Balaban J connectivity index is 2.10. The molecule has 1 amide bonds. The third-order valence-corrected chi connectivity index (χ3v) is 4.09. The van der Waals surface area contributed by atoms with E-state index in [-0.39, 0.29) is 17.4 Å². The summed E-state index contributed by atoms with van der Waals surface area (Å²) in [7, 11) is 0. The van der Waals surface area contributed by atoms with E-state index in [0.29, 0.717) is 16.1 Å². The molecule has 0 radical (unpaired) electrons. The van der Waals surface area contributed by atoms with Gasteiger partial charge in [0.2, 0.25) is 5.91 Å². The number of nitro groups is 1. The average molecular weight is 361 g/mol. The highest BCUT2D eigenvalue weighted by Gasteiger charge is 2.17. The zero-order valence-electron chi connectivity index (χ0n) is 13.5. The monoisotopic (exact) mass is 361 g/mol. The number of aromatic nitrogens is 1. The van der Waals surface area contributed by atoms with E-state index < -0.39 is 16.8 Å². The van der Waals surface area contributed by atoms with E-state index in [2.05, 4.69) is 10.3 Å². The second-order valence-corrected chi connectivity index (χ2v) is 5.79. The first-order chi connectivity index (χ1) is 11.9. The molecule has 1 N–H and O–H groups in total. The van der Waals surface area contributed by atoms with Crippen LogP contribution in [0, 0.1) is 17.0 Å². The minimum atomic E-state index is -0.520. The van der Waals surface area contributed by atoms with Gasteiger partial charge in [0.25, 0.3) is 5.69 Å². The van der Waals surface area contributed by atoms with E-state index in [4.69, 9.17) is 4.74 Å². The number of nitrogens with one attached hydrogen (secondary N) is 1. The number of hydrogen-bond donors (Lipinski definition) is 1. The molecule has 0 atom stereocenters. The number of aryl methyl sites for hydroxylation is 1. The van der Waals surface area contributed by atoms with E-state index in [1.807, 2.05) is 0 Å². The van der Waals surface area contributed by atoms with Gasteiger partial charge >= 0.3 is 5.97 Å². The standard InChI is InChI=1S/C16H15N3O5S/c1-3-24-15(21)14-10(2)17-16(25-14)18-13(20)9-8-11-6-4-5-7-12(11)19(22)23/h4-9H,3H2,1-2H3,(H,17,18,20)/b9-8+. The Morgan fingerprint density at radius 3 is 2.80 bits per heavy atom. The molecule has 0 aliphatic carbocycles. The zero-order chi connectivity index (χ0) is 18.4. The number of anilines is 1. The molecule has 0 unspecified atom stereocenters. The van der Waals surface area contributed by atoms with E-state index in [0.717, 1.165) is 11.3 Å². The Bertz CT molecular complexity index is 844. The lowest BCUT2D eigenvalue weighted by Crippen LogP contribution is -2.07. The lowest BCUT2D eigenvalue weighted by Gasteiger charge is -1.98. The van der Waals surface area contributed by atoms with Crippen molar-refractivity contribution in [3.8, 4) is 0 Å². The average Bonchev–Trinajstić information content (AvgIpc) is 2.93. The molecule has 9 heteroatoms. The van der Waals surface area contributed by atoms with Gasteiger partial charge in [0, 0.05) is 12.1 Å². The quantitative estimate of drug-likeness (QED) is 0.366. The first-order valence-corrected chi connectivity index (χ1v) is 8.11. The Hall–Kier alpha value is -3.07. The number of nitro benzene ring substituents is 1. The summed E-state index contributed by atoms with van der Waals surface area (Å²) < 4.78 is 4.91. The third-order valence-electron chi connectivity index (χ3n) is 3.04. The Labute approximate surface area is 147 Å². The first kappa shape index (κ1) is 18.3. The van der Waals surface area contributed by atoms with Gasteiger partial charge in [-0.15, -0.1) is 0 Å². The lowest BCUT2D eigenvalue weighted by molar-refractivity contribution is -0.385. The smallest absolute Gasteiger partial charge is 0.350 e. The van der Waals surface area contributed by atoms with Gasteiger partial charge in [-0.1, -0.05) is 23.5 Å². The van der Waals surface area contributed by atoms with Crippen molar-refractivity contribution >= 4 is 40.1 Å². The third kappa shape index (κ3) is 4.70. The maximum Gasteiger partial charge on any atom is 0.350 e. The van der Waals surface area contributed by atoms with E-state index in [1.165, 1.54) is 24.3 Å². The number of amides is 1. The number of ether oxygens (including phenoxy) is 1. The highest BCUT2D eigenvalue weighted by atomic mass is 32.1. The molecular formula is C16H15N3O5S. The summed E-state index contributed by atoms with van der Waals surface area (Å²) in [4.78, 5) is 38.5.